The van der Waals surface area contributed by atoms with Crippen LogP contribution in [0.3, 0.4) is 0 Å². The zero-order chi connectivity index (χ0) is 24.2. The lowest BCUT2D eigenvalue weighted by molar-refractivity contribution is -0.121. The molecule has 1 unspecified atom stereocenters. The van der Waals surface area contributed by atoms with E-state index in [-0.39, 0.29) is 35.8 Å². The molecule has 0 spiro atoms. The third-order valence-corrected chi connectivity index (χ3v) is 8.28. The zero-order valence-corrected chi connectivity index (χ0v) is 20.8. The van der Waals surface area contributed by atoms with Gasteiger partial charge in [0, 0.05) is 17.0 Å². The highest BCUT2D eigenvalue weighted by Gasteiger charge is 2.32. The van der Waals surface area contributed by atoms with Gasteiger partial charge in [0.1, 0.15) is 10.6 Å². The van der Waals surface area contributed by atoms with Crippen LogP contribution in [0.15, 0.2) is 29.3 Å². The largest absolute Gasteiger partial charge is 0.482 e. The van der Waals surface area contributed by atoms with E-state index in [0.717, 1.165) is 29.7 Å². The van der Waals surface area contributed by atoms with E-state index in [0.29, 0.717) is 34.8 Å². The van der Waals surface area contributed by atoms with E-state index < -0.39 is 0 Å². The number of thiophene rings is 1. The highest BCUT2D eigenvalue weighted by molar-refractivity contribution is 7.18. The van der Waals surface area contributed by atoms with E-state index in [4.69, 9.17) is 4.74 Å². The number of fused-ring (bicyclic) bond motifs is 4. The van der Waals surface area contributed by atoms with Crippen molar-refractivity contribution in [1.82, 2.24) is 9.55 Å². The molecule has 178 valence electrons. The minimum Gasteiger partial charge on any atom is -0.482 e. The molecule has 3 heterocycles. The Bertz CT molecular complexity index is 1360. The predicted octanol–water partition coefficient (Wildman–Crippen LogP) is 4.24. The maximum Gasteiger partial charge on any atom is 0.265 e. The number of benzene rings is 1. The monoisotopic (exact) mass is 479 g/mol. The van der Waals surface area contributed by atoms with Crippen molar-refractivity contribution in [3.63, 3.8) is 0 Å². The molecule has 2 aromatic heterocycles. The van der Waals surface area contributed by atoms with Gasteiger partial charge in [-0.25, -0.2) is 4.98 Å². The number of nitrogens with zero attached hydrogens (tertiary/aromatic N) is 3. The molecule has 0 bridgehead atoms. The lowest BCUT2D eigenvalue weighted by atomic mass is 9.72. The summed E-state index contributed by atoms with van der Waals surface area (Å²) < 4.78 is 6.90. The van der Waals surface area contributed by atoms with Crippen molar-refractivity contribution in [2.75, 3.05) is 18.1 Å². The Morgan fingerprint density at radius 1 is 1.26 bits per heavy atom. The molecule has 0 radical (unpaired) electrons. The number of ketones is 1. The maximum atomic E-state index is 13.4. The molecule has 5 rings (SSSR count). The number of carbonyl (C=O) groups is 2. The smallest absolute Gasteiger partial charge is 0.265 e. The highest BCUT2D eigenvalue weighted by atomic mass is 32.1. The summed E-state index contributed by atoms with van der Waals surface area (Å²) in [6.45, 7) is 9.09. The van der Waals surface area contributed by atoms with Crippen LogP contribution in [-0.2, 0) is 24.2 Å². The fourth-order valence-corrected chi connectivity index (χ4v) is 6.28. The molecule has 1 amide bonds. The maximum absolute atomic E-state index is 13.4. The summed E-state index contributed by atoms with van der Waals surface area (Å²) in [6.07, 6.45) is 4.38. The second-order valence-electron chi connectivity index (χ2n) is 10.2. The van der Waals surface area contributed by atoms with Gasteiger partial charge in [0.25, 0.3) is 11.5 Å². The SMILES string of the molecule is CCN1C(=O)COc2ccc(C(=O)Cn3cnc4sc5c(c4c3=O)CCC(C(C)(C)C)C5)cc21. The number of hydrogen-bond donors (Lipinski definition) is 0. The van der Waals surface area contributed by atoms with Crippen LogP contribution in [0.2, 0.25) is 0 Å². The number of aryl methyl sites for hydroxylation is 1. The Labute approximate surface area is 202 Å². The zero-order valence-electron chi connectivity index (χ0n) is 20.0. The van der Waals surface area contributed by atoms with E-state index in [2.05, 4.69) is 25.8 Å². The predicted molar refractivity (Wildman–Crippen MR) is 133 cm³/mol. The quantitative estimate of drug-likeness (QED) is 0.523. The van der Waals surface area contributed by atoms with Crippen LogP contribution in [0.4, 0.5) is 5.69 Å². The number of anilines is 1. The fraction of sp³-hybridized carbons (Fsp3) is 0.462. The molecule has 3 aromatic rings. The number of Topliss-reactive ketones (excluding diaryl/α,β-unsaturated/α-hetero) is 1. The Morgan fingerprint density at radius 2 is 2.06 bits per heavy atom. The van der Waals surface area contributed by atoms with Crippen molar-refractivity contribution in [3.05, 3.63) is 50.9 Å². The Morgan fingerprint density at radius 3 is 2.79 bits per heavy atom. The van der Waals surface area contributed by atoms with Crippen molar-refractivity contribution >= 4 is 38.9 Å². The standard InChI is InChI=1S/C26H29N3O4S/c1-5-29-18-10-15(6-9-20(18)33-13-22(29)31)19(30)12-28-14-27-24-23(25(28)32)17-8-7-16(26(2,3)4)11-21(17)34-24/h6,9-10,14,16H,5,7-8,11-13H2,1-4H3. The van der Waals surface area contributed by atoms with E-state index in [1.54, 1.807) is 34.4 Å². The van der Waals surface area contributed by atoms with Crippen molar-refractivity contribution < 1.29 is 14.3 Å². The first-order chi connectivity index (χ1) is 16.2. The normalized spacial score (nSPS) is 17.9. The van der Waals surface area contributed by atoms with E-state index in [1.165, 1.54) is 15.8 Å². The average molecular weight is 480 g/mol. The molecule has 0 N–H and O–H groups in total. The lowest BCUT2D eigenvalue weighted by Crippen LogP contribution is -2.38. The lowest BCUT2D eigenvalue weighted by Gasteiger charge is -2.33. The van der Waals surface area contributed by atoms with Crippen molar-refractivity contribution in [2.24, 2.45) is 11.3 Å². The Balaban J connectivity index is 1.45. The number of ether oxygens (including phenoxy) is 1. The summed E-state index contributed by atoms with van der Waals surface area (Å²) in [5.41, 5.74) is 2.21. The van der Waals surface area contributed by atoms with Crippen molar-refractivity contribution in [1.29, 1.82) is 0 Å². The number of aromatic nitrogens is 2. The van der Waals surface area contributed by atoms with Gasteiger partial charge in [0.05, 0.1) is 23.9 Å². The molecule has 1 atom stereocenters. The summed E-state index contributed by atoms with van der Waals surface area (Å²) in [7, 11) is 0. The van der Waals surface area contributed by atoms with Crippen LogP contribution >= 0.6 is 11.3 Å². The molecule has 0 fully saturated rings. The Hall–Kier alpha value is -3.00. The molecule has 1 aliphatic heterocycles. The molecule has 0 saturated carbocycles. The third-order valence-electron chi connectivity index (χ3n) is 7.11. The van der Waals surface area contributed by atoms with Crippen molar-refractivity contribution in [3.8, 4) is 5.75 Å². The fourth-order valence-electron chi connectivity index (χ4n) is 5.02. The van der Waals surface area contributed by atoms with Crippen LogP contribution in [0, 0.1) is 11.3 Å². The first-order valence-electron chi connectivity index (χ1n) is 11.8. The Kier molecular flexibility index (Phi) is 5.59. The second kappa shape index (κ2) is 8.34. The van der Waals surface area contributed by atoms with Gasteiger partial charge >= 0.3 is 0 Å². The topological polar surface area (TPSA) is 81.5 Å². The summed E-state index contributed by atoms with van der Waals surface area (Å²) in [5, 5.41) is 0.671. The molecular formula is C26H29N3O4S. The van der Waals surface area contributed by atoms with Crippen LogP contribution in [0.25, 0.3) is 10.2 Å². The van der Waals surface area contributed by atoms with Gasteiger partial charge in [-0.05, 0) is 61.3 Å². The third kappa shape index (κ3) is 3.83. The molecule has 1 aromatic carbocycles. The number of carbonyl (C=O) groups excluding carboxylic acids is 2. The van der Waals surface area contributed by atoms with Gasteiger partial charge in [-0.2, -0.15) is 0 Å². The number of rotatable bonds is 4. The van der Waals surface area contributed by atoms with E-state index in [9.17, 15) is 14.4 Å². The highest BCUT2D eigenvalue weighted by Crippen LogP contribution is 2.42. The first-order valence-corrected chi connectivity index (χ1v) is 12.6. The summed E-state index contributed by atoms with van der Waals surface area (Å²) in [6, 6.07) is 5.07. The summed E-state index contributed by atoms with van der Waals surface area (Å²) in [5.74, 6) is 0.814. The van der Waals surface area contributed by atoms with Gasteiger partial charge in [-0.15, -0.1) is 11.3 Å². The minimum absolute atomic E-state index is 0.00330. The van der Waals surface area contributed by atoms with Gasteiger partial charge in [-0.1, -0.05) is 20.8 Å². The van der Waals surface area contributed by atoms with Crippen LogP contribution in [0.5, 0.6) is 5.75 Å². The summed E-state index contributed by atoms with van der Waals surface area (Å²) >= 11 is 1.62. The minimum atomic E-state index is -0.211. The van der Waals surface area contributed by atoms with Crippen molar-refractivity contribution in [2.45, 2.75) is 53.5 Å². The van der Waals surface area contributed by atoms with Gasteiger partial charge in [-0.3, -0.25) is 19.0 Å². The molecule has 0 saturated heterocycles. The molecular weight excluding hydrogens is 450 g/mol. The van der Waals surface area contributed by atoms with Crippen LogP contribution in [-0.4, -0.2) is 34.4 Å². The average Bonchev–Trinajstić information content (AvgIpc) is 3.18. The number of amides is 1. The van der Waals surface area contributed by atoms with E-state index in [1.807, 2.05) is 6.92 Å². The van der Waals surface area contributed by atoms with Crippen LogP contribution < -0.4 is 15.2 Å². The van der Waals surface area contributed by atoms with E-state index >= 15 is 0 Å². The molecule has 8 heteroatoms. The van der Waals surface area contributed by atoms with Crippen LogP contribution in [0.1, 0.15) is 54.9 Å². The van der Waals surface area contributed by atoms with Gasteiger partial charge < -0.3 is 9.64 Å². The number of hydrogen-bond acceptors (Lipinski definition) is 6. The molecule has 2 aliphatic rings. The summed E-state index contributed by atoms with van der Waals surface area (Å²) in [4.78, 5) is 46.8. The first kappa shape index (κ1) is 22.8. The molecule has 1 aliphatic carbocycles. The number of likely N-dealkylation sites (N-methyl/N-ethyl adjacent to an activating group) is 1. The molecule has 34 heavy (non-hydrogen) atoms. The van der Waals surface area contributed by atoms with Gasteiger partial charge in [0.15, 0.2) is 12.4 Å². The second-order valence-corrected chi connectivity index (χ2v) is 11.3. The van der Waals surface area contributed by atoms with Gasteiger partial charge in [0.2, 0.25) is 0 Å². The molecule has 7 nitrogen and oxygen atoms in total.